The summed E-state index contributed by atoms with van der Waals surface area (Å²) >= 11 is 12.5. The van der Waals surface area contributed by atoms with Crippen molar-refractivity contribution in [1.29, 1.82) is 0 Å². The van der Waals surface area contributed by atoms with Gasteiger partial charge in [-0.2, -0.15) is 0 Å². The van der Waals surface area contributed by atoms with Crippen molar-refractivity contribution in [3.8, 4) is 0 Å². The first-order valence-electron chi connectivity index (χ1n) is 12.3. The molecule has 0 saturated carbocycles. The number of hydrogen-bond acceptors (Lipinski definition) is 4. The molecule has 3 aromatic rings. The van der Waals surface area contributed by atoms with Gasteiger partial charge < -0.3 is 5.32 Å². The van der Waals surface area contributed by atoms with Crippen molar-refractivity contribution >= 4 is 44.8 Å². The van der Waals surface area contributed by atoms with E-state index in [1.165, 1.54) is 49.1 Å². The molecule has 0 aliphatic carbocycles. The summed E-state index contributed by atoms with van der Waals surface area (Å²) in [6.07, 6.45) is 3.75. The van der Waals surface area contributed by atoms with Crippen molar-refractivity contribution < 1.29 is 13.2 Å². The van der Waals surface area contributed by atoms with Crippen molar-refractivity contribution in [3.63, 3.8) is 0 Å². The van der Waals surface area contributed by atoms with E-state index in [1.807, 2.05) is 19.1 Å². The predicted octanol–water partition coefficient (Wildman–Crippen LogP) is 5.80. The molecule has 37 heavy (non-hydrogen) atoms. The number of aryl methyl sites for hydroxylation is 1. The zero-order chi connectivity index (χ0) is 26.4. The van der Waals surface area contributed by atoms with E-state index in [1.54, 1.807) is 18.2 Å². The molecule has 1 fully saturated rings. The molecule has 1 N–H and O–H groups in total. The molecule has 0 atom stereocenters. The van der Waals surface area contributed by atoms with Crippen molar-refractivity contribution in [2.45, 2.75) is 44.2 Å². The molecule has 0 spiro atoms. The molecular formula is C28H31Cl2N3O3S. The van der Waals surface area contributed by atoms with Crippen LogP contribution in [0.15, 0.2) is 71.6 Å². The number of nitrogens with zero attached hydrogens (tertiary/aromatic N) is 2. The first-order chi connectivity index (χ1) is 17.7. The number of amides is 1. The van der Waals surface area contributed by atoms with Crippen molar-refractivity contribution in [3.05, 3.63) is 93.5 Å². The van der Waals surface area contributed by atoms with E-state index in [9.17, 15) is 13.2 Å². The maximum absolute atomic E-state index is 13.6. The van der Waals surface area contributed by atoms with Crippen molar-refractivity contribution in [2.24, 2.45) is 0 Å². The first-order valence-corrected chi connectivity index (χ1v) is 14.5. The normalized spacial score (nSPS) is 14.4. The third-order valence-electron chi connectivity index (χ3n) is 6.41. The van der Waals surface area contributed by atoms with Crippen LogP contribution in [0.3, 0.4) is 0 Å². The highest BCUT2D eigenvalue weighted by Crippen LogP contribution is 2.33. The fraction of sp³-hybridized carbons (Fsp3) is 0.321. The zero-order valence-corrected chi connectivity index (χ0v) is 23.1. The van der Waals surface area contributed by atoms with Gasteiger partial charge in [0.1, 0.15) is 6.54 Å². The Labute approximate surface area is 229 Å². The van der Waals surface area contributed by atoms with Crippen LogP contribution >= 0.6 is 23.2 Å². The van der Waals surface area contributed by atoms with Crippen molar-refractivity contribution in [2.75, 3.05) is 23.9 Å². The van der Waals surface area contributed by atoms with Gasteiger partial charge in [0, 0.05) is 18.1 Å². The van der Waals surface area contributed by atoms with E-state index >= 15 is 0 Å². The Balaban J connectivity index is 1.50. The van der Waals surface area contributed by atoms with Crippen LogP contribution in [0.2, 0.25) is 10.0 Å². The third-order valence-corrected chi connectivity index (χ3v) is 8.74. The van der Waals surface area contributed by atoms with Crippen molar-refractivity contribution in [1.82, 2.24) is 10.2 Å². The summed E-state index contributed by atoms with van der Waals surface area (Å²) in [6, 6.07) is 19.1. The number of nitrogens with one attached hydrogen (secondary N) is 1. The predicted molar refractivity (Wildman–Crippen MR) is 150 cm³/mol. The Morgan fingerprint density at radius 3 is 2.38 bits per heavy atom. The molecule has 1 amide bonds. The second-order valence-electron chi connectivity index (χ2n) is 9.35. The number of carbonyl (C=O) groups excluding carboxylic acids is 1. The highest BCUT2D eigenvalue weighted by Gasteiger charge is 2.29. The van der Waals surface area contributed by atoms with E-state index < -0.39 is 22.5 Å². The SMILES string of the molecule is Cc1ccc(S(=O)(=O)N(CC(=O)NCc2cccc(CN3CCCCC3)c2)c2cc(Cl)ccc2Cl)cc1. The van der Waals surface area contributed by atoms with Gasteiger partial charge in [0.15, 0.2) is 0 Å². The highest BCUT2D eigenvalue weighted by molar-refractivity contribution is 7.92. The minimum Gasteiger partial charge on any atom is -0.350 e. The lowest BCUT2D eigenvalue weighted by Crippen LogP contribution is -2.40. The number of hydrogen-bond donors (Lipinski definition) is 1. The molecule has 0 bridgehead atoms. The number of benzene rings is 3. The highest BCUT2D eigenvalue weighted by atomic mass is 35.5. The van der Waals surface area contributed by atoms with E-state index in [0.29, 0.717) is 5.02 Å². The largest absolute Gasteiger partial charge is 0.350 e. The topological polar surface area (TPSA) is 69.7 Å². The number of anilines is 1. The third kappa shape index (κ3) is 7.26. The van der Waals surface area contributed by atoms with E-state index in [2.05, 4.69) is 22.3 Å². The van der Waals surface area contributed by atoms with Crippen LogP contribution in [0, 0.1) is 6.92 Å². The van der Waals surface area contributed by atoms with E-state index in [0.717, 1.165) is 35.1 Å². The minimum absolute atomic E-state index is 0.0624. The number of piperidine rings is 1. The summed E-state index contributed by atoms with van der Waals surface area (Å²) in [5.41, 5.74) is 3.22. The lowest BCUT2D eigenvalue weighted by atomic mass is 10.1. The monoisotopic (exact) mass is 559 g/mol. The lowest BCUT2D eigenvalue weighted by Gasteiger charge is -2.26. The van der Waals surface area contributed by atoms with Gasteiger partial charge >= 0.3 is 0 Å². The summed E-state index contributed by atoms with van der Waals surface area (Å²) in [5.74, 6) is -0.451. The minimum atomic E-state index is -4.09. The maximum Gasteiger partial charge on any atom is 0.264 e. The summed E-state index contributed by atoms with van der Waals surface area (Å²) in [4.78, 5) is 15.5. The van der Waals surface area contributed by atoms with Crippen LogP contribution in [0.1, 0.15) is 36.0 Å². The number of halogens is 2. The van der Waals surface area contributed by atoms with Gasteiger partial charge in [-0.25, -0.2) is 8.42 Å². The average molecular weight is 561 g/mol. The Morgan fingerprint density at radius 1 is 0.946 bits per heavy atom. The standard InChI is InChI=1S/C28H31Cl2N3O3S/c1-21-8-11-25(12-9-21)37(35,36)33(27-17-24(29)10-13-26(27)30)20-28(34)31-18-22-6-5-7-23(16-22)19-32-14-3-2-4-15-32/h5-13,16-17H,2-4,14-15,18-20H2,1H3,(H,31,34). The molecule has 9 heteroatoms. The van der Waals surface area contributed by atoms with Crippen LogP contribution < -0.4 is 9.62 Å². The molecule has 4 rings (SSSR count). The number of sulfonamides is 1. The van der Waals surface area contributed by atoms with E-state index in [-0.39, 0.29) is 22.2 Å². The Morgan fingerprint density at radius 2 is 1.65 bits per heavy atom. The summed E-state index contributed by atoms with van der Waals surface area (Å²) in [5, 5.41) is 3.36. The molecule has 0 radical (unpaired) electrons. The first kappa shape index (κ1) is 27.5. The average Bonchev–Trinajstić information content (AvgIpc) is 2.88. The fourth-order valence-corrected chi connectivity index (χ4v) is 6.28. The molecule has 6 nitrogen and oxygen atoms in total. The maximum atomic E-state index is 13.6. The van der Waals surface area contributed by atoms with Gasteiger partial charge in [-0.15, -0.1) is 0 Å². The second kappa shape index (κ2) is 12.3. The van der Waals surface area contributed by atoms with Gasteiger partial charge in [0.2, 0.25) is 5.91 Å². The van der Waals surface area contributed by atoms with Gasteiger partial charge in [0.25, 0.3) is 10.0 Å². The fourth-order valence-electron chi connectivity index (χ4n) is 4.41. The molecule has 3 aromatic carbocycles. The summed E-state index contributed by atoms with van der Waals surface area (Å²) in [7, 11) is -4.09. The van der Waals surface area contributed by atoms with Gasteiger partial charge in [-0.3, -0.25) is 14.0 Å². The molecule has 0 unspecified atom stereocenters. The molecule has 0 aromatic heterocycles. The summed E-state index contributed by atoms with van der Waals surface area (Å²) < 4.78 is 28.2. The molecule has 1 saturated heterocycles. The van der Waals surface area contributed by atoms with E-state index in [4.69, 9.17) is 23.2 Å². The molecule has 1 aliphatic heterocycles. The lowest BCUT2D eigenvalue weighted by molar-refractivity contribution is -0.119. The van der Waals surface area contributed by atoms with Crippen LogP contribution in [-0.4, -0.2) is 38.9 Å². The van der Waals surface area contributed by atoms with Gasteiger partial charge in [0.05, 0.1) is 15.6 Å². The molecule has 1 aliphatic rings. The Hall–Kier alpha value is -2.58. The molecule has 1 heterocycles. The quantitative estimate of drug-likeness (QED) is 0.359. The van der Waals surface area contributed by atoms with Crippen LogP contribution in [0.4, 0.5) is 5.69 Å². The van der Waals surface area contributed by atoms with Gasteiger partial charge in [-0.05, 0) is 74.3 Å². The summed E-state index contributed by atoms with van der Waals surface area (Å²) in [6.45, 7) is 4.82. The van der Waals surface area contributed by atoms with Gasteiger partial charge in [-0.1, -0.05) is 71.6 Å². The number of rotatable bonds is 9. The molecular weight excluding hydrogens is 529 g/mol. The number of carbonyl (C=O) groups is 1. The van der Waals surface area contributed by atoms with Crippen LogP contribution in [0.25, 0.3) is 0 Å². The molecule has 196 valence electrons. The number of likely N-dealkylation sites (tertiary alicyclic amines) is 1. The smallest absolute Gasteiger partial charge is 0.264 e. The Kier molecular flexibility index (Phi) is 9.13. The Bertz CT molecular complexity index is 1340. The zero-order valence-electron chi connectivity index (χ0n) is 20.8. The van der Waals surface area contributed by atoms with Crippen LogP contribution in [0.5, 0.6) is 0 Å². The van der Waals surface area contributed by atoms with Crippen LogP contribution in [-0.2, 0) is 27.9 Å². The second-order valence-corrected chi connectivity index (χ2v) is 12.1.